The van der Waals surface area contributed by atoms with Gasteiger partial charge in [-0.25, -0.2) is 4.79 Å². The molecule has 3 rings (SSSR count). The molecule has 3 aromatic rings. The van der Waals surface area contributed by atoms with Gasteiger partial charge in [-0.3, -0.25) is 14.9 Å². The van der Waals surface area contributed by atoms with Crippen LogP contribution in [0.2, 0.25) is 0 Å². The lowest BCUT2D eigenvalue weighted by molar-refractivity contribution is -0.118. The van der Waals surface area contributed by atoms with Crippen LogP contribution in [0, 0.1) is 13.8 Å². The number of amides is 1. The van der Waals surface area contributed by atoms with Gasteiger partial charge in [-0.2, -0.15) is 5.10 Å². The number of nitrogens with one attached hydrogen (secondary N) is 2. The van der Waals surface area contributed by atoms with Crippen LogP contribution in [0.4, 0.5) is 11.4 Å². The molecule has 1 amide bonds. The van der Waals surface area contributed by atoms with E-state index in [0.717, 1.165) is 21.5 Å². The van der Waals surface area contributed by atoms with Crippen LogP contribution in [-0.2, 0) is 9.53 Å². The van der Waals surface area contributed by atoms with Crippen molar-refractivity contribution in [2.24, 2.45) is 4.99 Å². The number of nitrogens with zero attached hydrogens (tertiary/aromatic N) is 2. The molecule has 2 N–H and O–H groups in total. The molecule has 0 saturated heterocycles. The lowest BCUT2D eigenvalue weighted by Crippen LogP contribution is -2.20. The Labute approximate surface area is 194 Å². The summed E-state index contributed by atoms with van der Waals surface area (Å²) in [6.07, 6.45) is 1.68. The fourth-order valence-corrected chi connectivity index (χ4v) is 3.24. The molecule has 0 saturated carbocycles. The zero-order chi connectivity index (χ0) is 23.1. The number of ether oxygens (including phenoxy) is 2. The number of esters is 1. The predicted molar refractivity (Wildman–Crippen MR) is 126 cm³/mol. The number of hydrogen-bond acceptors (Lipinski definition) is 6. The Kier molecular flexibility index (Phi) is 7.77. The summed E-state index contributed by atoms with van der Waals surface area (Å²) in [4.78, 5) is 28.6. The average Bonchev–Trinajstić information content (AvgIpc) is 3.09. The number of aromatic nitrogens is 2. The number of halogens is 1. The number of H-pyrrole nitrogens is 1. The highest BCUT2D eigenvalue weighted by Crippen LogP contribution is 2.25. The number of rotatable bonds is 8. The van der Waals surface area contributed by atoms with Crippen molar-refractivity contribution in [3.63, 3.8) is 0 Å². The largest absolute Gasteiger partial charge is 0.483 e. The molecule has 1 heterocycles. The van der Waals surface area contributed by atoms with Crippen LogP contribution < -0.4 is 10.1 Å². The number of carbonyl (C=O) groups excluding carboxylic acids is 2. The first-order chi connectivity index (χ1) is 15.4. The maximum atomic E-state index is 12.3. The van der Waals surface area contributed by atoms with E-state index < -0.39 is 5.97 Å². The van der Waals surface area contributed by atoms with Crippen LogP contribution in [-0.4, -0.2) is 41.5 Å². The first-order valence-corrected chi connectivity index (χ1v) is 10.7. The molecule has 0 fully saturated rings. The van der Waals surface area contributed by atoms with Gasteiger partial charge in [0.15, 0.2) is 6.61 Å². The van der Waals surface area contributed by atoms with Crippen molar-refractivity contribution in [1.29, 1.82) is 0 Å². The first kappa shape index (κ1) is 23.2. The van der Waals surface area contributed by atoms with Crippen molar-refractivity contribution in [3.8, 4) is 5.75 Å². The van der Waals surface area contributed by atoms with Gasteiger partial charge in [-0.1, -0.05) is 15.9 Å². The molecule has 0 aliphatic rings. The summed E-state index contributed by atoms with van der Waals surface area (Å²) in [7, 11) is 0. The summed E-state index contributed by atoms with van der Waals surface area (Å²) < 4.78 is 11.5. The Morgan fingerprint density at radius 1 is 1.19 bits per heavy atom. The van der Waals surface area contributed by atoms with Crippen LogP contribution in [0.15, 0.2) is 51.9 Å². The van der Waals surface area contributed by atoms with Gasteiger partial charge >= 0.3 is 5.97 Å². The van der Waals surface area contributed by atoms with E-state index >= 15 is 0 Å². The summed E-state index contributed by atoms with van der Waals surface area (Å²) in [6, 6.07) is 11.9. The highest BCUT2D eigenvalue weighted by Gasteiger charge is 2.10. The van der Waals surface area contributed by atoms with Gasteiger partial charge in [0.25, 0.3) is 5.91 Å². The number of anilines is 1. The Balaban J connectivity index is 1.64. The van der Waals surface area contributed by atoms with Gasteiger partial charge < -0.3 is 14.8 Å². The van der Waals surface area contributed by atoms with Gasteiger partial charge in [0.1, 0.15) is 11.4 Å². The van der Waals surface area contributed by atoms with Crippen molar-refractivity contribution in [2.45, 2.75) is 20.8 Å². The monoisotopic (exact) mass is 498 g/mol. The fraction of sp³-hybridized carbons (Fsp3) is 0.217. The van der Waals surface area contributed by atoms with E-state index in [1.807, 2.05) is 26.0 Å². The molecule has 166 valence electrons. The number of aryl methyl sites for hydroxylation is 2. The lowest BCUT2D eigenvalue weighted by Gasteiger charge is -2.10. The van der Waals surface area contributed by atoms with Gasteiger partial charge in [-0.15, -0.1) is 0 Å². The number of aliphatic imine (C=N–C) groups is 1. The fourth-order valence-electron chi connectivity index (χ4n) is 2.87. The molecule has 8 nitrogen and oxygen atoms in total. The van der Waals surface area contributed by atoms with Crippen LogP contribution in [0.3, 0.4) is 0 Å². The third-order valence-corrected chi connectivity index (χ3v) is 4.93. The number of carbonyl (C=O) groups is 2. The van der Waals surface area contributed by atoms with E-state index in [1.54, 1.807) is 43.5 Å². The summed E-state index contributed by atoms with van der Waals surface area (Å²) in [5, 5.41) is 9.77. The van der Waals surface area contributed by atoms with Gasteiger partial charge in [0, 0.05) is 21.9 Å². The lowest BCUT2D eigenvalue weighted by atomic mass is 10.2. The standard InChI is InChI=1S/C23H23BrN4O4/c1-4-31-23(30)16-5-8-19(9-6-16)26-21(29)13-32-20-10-7-18(24)11-17(20)12-25-22-14(2)27-28-15(22)3/h5-12H,4,13H2,1-3H3,(H,26,29)(H,27,28). The number of benzene rings is 2. The molecule has 0 aliphatic carbocycles. The zero-order valence-corrected chi connectivity index (χ0v) is 19.5. The summed E-state index contributed by atoms with van der Waals surface area (Å²) in [5.74, 6) is -0.219. The van der Waals surface area contributed by atoms with E-state index in [2.05, 4.69) is 36.4 Å². The molecular weight excluding hydrogens is 476 g/mol. The van der Waals surface area contributed by atoms with Crippen LogP contribution in [0.5, 0.6) is 5.75 Å². The van der Waals surface area contributed by atoms with Crippen molar-refractivity contribution in [2.75, 3.05) is 18.5 Å². The molecule has 0 atom stereocenters. The first-order valence-electron chi connectivity index (χ1n) is 9.92. The molecule has 0 spiro atoms. The van der Waals surface area contributed by atoms with Crippen LogP contribution in [0.25, 0.3) is 0 Å². The Bertz CT molecular complexity index is 1120. The van der Waals surface area contributed by atoms with Gasteiger partial charge in [0.2, 0.25) is 0 Å². The Hall–Kier alpha value is -3.46. The Morgan fingerprint density at radius 2 is 1.94 bits per heavy atom. The summed E-state index contributed by atoms with van der Waals surface area (Å²) in [5.41, 5.74) is 4.11. The maximum absolute atomic E-state index is 12.3. The zero-order valence-electron chi connectivity index (χ0n) is 17.9. The summed E-state index contributed by atoms with van der Waals surface area (Å²) in [6.45, 7) is 5.63. The van der Waals surface area contributed by atoms with Crippen LogP contribution >= 0.6 is 15.9 Å². The van der Waals surface area contributed by atoms with Crippen LogP contribution in [0.1, 0.15) is 34.2 Å². The molecule has 0 bridgehead atoms. The minimum Gasteiger partial charge on any atom is -0.483 e. The van der Waals surface area contributed by atoms with Crippen molar-refractivity contribution < 1.29 is 19.1 Å². The van der Waals surface area contributed by atoms with Crippen molar-refractivity contribution >= 4 is 45.4 Å². The van der Waals surface area contributed by atoms with Crippen molar-refractivity contribution in [1.82, 2.24) is 10.2 Å². The number of hydrogen-bond donors (Lipinski definition) is 2. The quantitative estimate of drug-likeness (QED) is 0.344. The molecule has 0 radical (unpaired) electrons. The van der Waals surface area contributed by atoms with E-state index in [4.69, 9.17) is 9.47 Å². The second-order valence-electron chi connectivity index (χ2n) is 6.86. The summed E-state index contributed by atoms with van der Waals surface area (Å²) >= 11 is 3.45. The molecule has 0 aliphatic heterocycles. The minimum absolute atomic E-state index is 0.189. The predicted octanol–water partition coefficient (Wildman–Crippen LogP) is 4.73. The smallest absolute Gasteiger partial charge is 0.338 e. The van der Waals surface area contributed by atoms with Gasteiger partial charge in [0.05, 0.1) is 23.6 Å². The molecule has 32 heavy (non-hydrogen) atoms. The second-order valence-corrected chi connectivity index (χ2v) is 7.77. The van der Waals surface area contributed by atoms with Crippen molar-refractivity contribution in [3.05, 3.63) is 69.5 Å². The molecule has 1 aromatic heterocycles. The SMILES string of the molecule is CCOC(=O)c1ccc(NC(=O)COc2ccc(Br)cc2C=Nc2c(C)n[nH]c2C)cc1. The third-order valence-electron chi connectivity index (χ3n) is 4.43. The average molecular weight is 499 g/mol. The topological polar surface area (TPSA) is 106 Å². The molecule has 0 unspecified atom stereocenters. The Morgan fingerprint density at radius 3 is 2.59 bits per heavy atom. The second kappa shape index (κ2) is 10.7. The highest BCUT2D eigenvalue weighted by atomic mass is 79.9. The van der Waals surface area contributed by atoms with E-state index in [9.17, 15) is 9.59 Å². The molecule has 2 aromatic carbocycles. The number of aromatic amines is 1. The molecular formula is C23H23BrN4O4. The highest BCUT2D eigenvalue weighted by molar-refractivity contribution is 9.10. The van der Waals surface area contributed by atoms with E-state index in [1.165, 1.54) is 0 Å². The van der Waals surface area contributed by atoms with Gasteiger partial charge in [-0.05, 0) is 63.2 Å². The normalized spacial score (nSPS) is 10.9. The minimum atomic E-state index is -0.404. The molecule has 9 heteroatoms. The third kappa shape index (κ3) is 6.04. The van der Waals surface area contributed by atoms with E-state index in [0.29, 0.717) is 29.2 Å². The maximum Gasteiger partial charge on any atom is 0.338 e. The van der Waals surface area contributed by atoms with E-state index in [-0.39, 0.29) is 12.5 Å².